The van der Waals surface area contributed by atoms with E-state index in [0.29, 0.717) is 52.6 Å². The molecule has 12 nitrogen and oxygen atoms in total. The zero-order valence-electron chi connectivity index (χ0n) is 34.3. The zero-order chi connectivity index (χ0) is 44.9. The Bertz CT molecular complexity index is 2050. The number of carbonyl (C=O) groups excluding carboxylic acids is 3. The standard InChI is InChI=1S/C24H27Cl2NO6.C22H25Cl2NO4.CH4/c1-2-32-24(31)22(29)21(28)19(27-23(30)20-4-3-9-33-20)10-14-5-7-15(8-6-14)16-11-17(25)13-18(26)12-16;1-13(26)21(27)19(25-22(28)20-3-2-8-29-20)9-14-4-6-15(7-5-14)16-10-17(23)12-18(24)11-16;/h5-8,11-13,19-22,28-29H,2-4,9-10H2,1H3,(H,27,30);4-7,10-13,19-21,26-27H,2-3,8-9H2,1H3,(H,25,28);1H4/t19?,20-,21?,22?;13?,19?,20-,21?;/m11./s1. The molecule has 6 rings (SSSR count). The highest BCUT2D eigenvalue weighted by Crippen LogP contribution is 2.29. The van der Waals surface area contributed by atoms with Crippen LogP contribution in [0.2, 0.25) is 20.1 Å². The number of nitrogens with one attached hydrogen (secondary N) is 2. The van der Waals surface area contributed by atoms with E-state index in [9.17, 15) is 34.8 Å². The molecule has 0 spiro atoms. The van der Waals surface area contributed by atoms with Crippen LogP contribution in [0.25, 0.3) is 22.3 Å². The molecule has 4 aromatic rings. The van der Waals surface area contributed by atoms with Gasteiger partial charge in [-0.3, -0.25) is 9.59 Å². The first-order valence-electron chi connectivity index (χ1n) is 20.5. The third kappa shape index (κ3) is 15.4. The molecule has 63 heavy (non-hydrogen) atoms. The Balaban J connectivity index is 0.000000274. The molecular weight excluding hydrogens is 894 g/mol. The van der Waals surface area contributed by atoms with Gasteiger partial charge >= 0.3 is 5.97 Å². The van der Waals surface area contributed by atoms with Crippen molar-refractivity contribution < 1.29 is 49.0 Å². The van der Waals surface area contributed by atoms with E-state index < -0.39 is 60.6 Å². The lowest BCUT2D eigenvalue weighted by Crippen LogP contribution is -2.54. The lowest BCUT2D eigenvalue weighted by molar-refractivity contribution is -0.161. The lowest BCUT2D eigenvalue weighted by Gasteiger charge is -2.28. The lowest BCUT2D eigenvalue weighted by atomic mass is 9.95. The maximum atomic E-state index is 12.6. The van der Waals surface area contributed by atoms with Gasteiger partial charge in [-0.15, -0.1) is 0 Å². The van der Waals surface area contributed by atoms with Crippen LogP contribution >= 0.6 is 46.4 Å². The second-order valence-electron chi connectivity index (χ2n) is 15.3. The van der Waals surface area contributed by atoms with Crippen LogP contribution in [0.1, 0.15) is 58.1 Å². The van der Waals surface area contributed by atoms with Crippen molar-refractivity contribution in [2.24, 2.45) is 0 Å². The van der Waals surface area contributed by atoms with Gasteiger partial charge in [-0.1, -0.05) is 102 Å². The molecule has 6 unspecified atom stereocenters. The van der Waals surface area contributed by atoms with Gasteiger partial charge in [0, 0.05) is 33.3 Å². The number of amides is 2. The fourth-order valence-corrected chi connectivity index (χ4v) is 8.23. The van der Waals surface area contributed by atoms with E-state index in [1.54, 1.807) is 31.2 Å². The second kappa shape index (κ2) is 25.1. The number of rotatable bonds is 16. The first-order valence-corrected chi connectivity index (χ1v) is 22.0. The molecule has 0 aromatic heterocycles. The Morgan fingerprint density at radius 2 is 1.02 bits per heavy atom. The molecule has 16 heteroatoms. The molecular formula is C47H56Cl4N2O10. The zero-order valence-corrected chi connectivity index (χ0v) is 37.3. The van der Waals surface area contributed by atoms with E-state index in [0.717, 1.165) is 46.2 Å². The van der Waals surface area contributed by atoms with Crippen LogP contribution in [0.5, 0.6) is 0 Å². The average molecular weight is 951 g/mol. The Labute approximate surface area is 388 Å². The summed E-state index contributed by atoms with van der Waals surface area (Å²) < 4.78 is 15.6. The summed E-state index contributed by atoms with van der Waals surface area (Å²) in [6.45, 7) is 4.22. The number of halogens is 4. The van der Waals surface area contributed by atoms with E-state index in [-0.39, 0.29) is 26.4 Å². The SMILES string of the molecule is C.CC(O)C(O)C(Cc1ccc(-c2cc(Cl)cc(Cl)c2)cc1)NC(=O)[C@H]1CCCO1.CCOC(=O)C(O)C(O)C(Cc1ccc(-c2cc(Cl)cc(Cl)c2)cc1)NC(=O)[C@H]1CCCO1. The summed E-state index contributed by atoms with van der Waals surface area (Å²) >= 11 is 24.3. The first-order chi connectivity index (χ1) is 29.6. The number of benzene rings is 4. The summed E-state index contributed by atoms with van der Waals surface area (Å²) in [5, 5.41) is 48.9. The van der Waals surface area contributed by atoms with Gasteiger partial charge in [0.25, 0.3) is 0 Å². The fourth-order valence-electron chi connectivity index (χ4n) is 7.17. The number of carbonyl (C=O) groups is 3. The molecule has 342 valence electrons. The molecule has 0 radical (unpaired) electrons. The molecule has 8 atom stereocenters. The van der Waals surface area contributed by atoms with Crippen molar-refractivity contribution >= 4 is 64.2 Å². The van der Waals surface area contributed by atoms with Crippen LogP contribution < -0.4 is 10.6 Å². The van der Waals surface area contributed by atoms with Gasteiger partial charge in [0.15, 0.2) is 6.10 Å². The third-order valence-corrected chi connectivity index (χ3v) is 11.4. The van der Waals surface area contributed by atoms with Crippen LogP contribution in [-0.4, -0.2) is 107 Å². The molecule has 0 bridgehead atoms. The van der Waals surface area contributed by atoms with Crippen LogP contribution in [0.15, 0.2) is 84.9 Å². The average Bonchev–Trinajstić information content (AvgIpc) is 3.99. The normalized spacial score (nSPS) is 18.6. The quantitative estimate of drug-likeness (QED) is 0.0620. The highest BCUT2D eigenvalue weighted by molar-refractivity contribution is 6.35. The molecule has 2 fully saturated rings. The van der Waals surface area contributed by atoms with E-state index in [2.05, 4.69) is 10.6 Å². The van der Waals surface area contributed by atoms with E-state index in [1.165, 1.54) is 6.92 Å². The molecule has 2 saturated heterocycles. The predicted molar refractivity (Wildman–Crippen MR) is 246 cm³/mol. The highest BCUT2D eigenvalue weighted by atomic mass is 35.5. The minimum Gasteiger partial charge on any atom is -0.464 e. The number of hydrogen-bond donors (Lipinski definition) is 6. The summed E-state index contributed by atoms with van der Waals surface area (Å²) in [5.74, 6) is -1.59. The summed E-state index contributed by atoms with van der Waals surface area (Å²) in [6, 6.07) is 24.1. The van der Waals surface area contributed by atoms with Gasteiger partial charge in [-0.25, -0.2) is 4.79 Å². The molecule has 4 aromatic carbocycles. The molecule has 2 aliphatic rings. The smallest absolute Gasteiger partial charge is 0.337 e. The summed E-state index contributed by atoms with van der Waals surface area (Å²) in [4.78, 5) is 37.0. The van der Waals surface area contributed by atoms with E-state index in [1.807, 2.05) is 60.7 Å². The molecule has 2 heterocycles. The number of esters is 1. The molecule has 0 saturated carbocycles. The second-order valence-corrected chi connectivity index (χ2v) is 17.0. The topological polar surface area (TPSA) is 184 Å². The van der Waals surface area contributed by atoms with Crippen molar-refractivity contribution in [1.29, 1.82) is 0 Å². The van der Waals surface area contributed by atoms with Crippen molar-refractivity contribution in [1.82, 2.24) is 10.6 Å². The summed E-state index contributed by atoms with van der Waals surface area (Å²) in [5.41, 5.74) is 5.28. The first kappa shape index (κ1) is 51.8. The Hall–Kier alpha value is -3.79. The molecule has 2 amide bonds. The van der Waals surface area contributed by atoms with Crippen LogP contribution in [-0.2, 0) is 41.4 Å². The van der Waals surface area contributed by atoms with E-state index >= 15 is 0 Å². The summed E-state index contributed by atoms with van der Waals surface area (Å²) in [7, 11) is 0. The number of hydrogen-bond acceptors (Lipinski definition) is 10. The monoisotopic (exact) mass is 948 g/mol. The van der Waals surface area contributed by atoms with Crippen molar-refractivity contribution in [2.45, 2.75) is 109 Å². The third-order valence-electron chi connectivity index (χ3n) is 10.5. The van der Waals surface area contributed by atoms with Gasteiger partial charge in [0.1, 0.15) is 24.4 Å². The predicted octanol–water partition coefficient (Wildman–Crippen LogP) is 7.40. The largest absolute Gasteiger partial charge is 0.464 e. The fraction of sp³-hybridized carbons (Fsp3) is 0.426. The van der Waals surface area contributed by atoms with Crippen molar-refractivity contribution in [3.05, 3.63) is 116 Å². The van der Waals surface area contributed by atoms with Gasteiger partial charge < -0.3 is 45.3 Å². The molecule has 6 N–H and O–H groups in total. The van der Waals surface area contributed by atoms with Gasteiger partial charge in [-0.05, 0) is 122 Å². The van der Waals surface area contributed by atoms with Gasteiger partial charge in [0.05, 0.1) is 24.8 Å². The van der Waals surface area contributed by atoms with Crippen molar-refractivity contribution in [3.63, 3.8) is 0 Å². The number of aliphatic hydroxyl groups excluding tert-OH is 4. The molecule has 0 aliphatic carbocycles. The number of ether oxygens (including phenoxy) is 3. The minimum atomic E-state index is -1.80. The Morgan fingerprint density at radius 1 is 0.635 bits per heavy atom. The Kier molecular flexibility index (Phi) is 20.6. The Morgan fingerprint density at radius 3 is 1.35 bits per heavy atom. The maximum absolute atomic E-state index is 12.6. The summed E-state index contributed by atoms with van der Waals surface area (Å²) in [6.07, 6.45) is -3.14. The van der Waals surface area contributed by atoms with E-state index in [4.69, 9.17) is 60.6 Å². The van der Waals surface area contributed by atoms with Crippen molar-refractivity contribution in [3.8, 4) is 22.3 Å². The van der Waals surface area contributed by atoms with Gasteiger partial charge in [-0.2, -0.15) is 0 Å². The maximum Gasteiger partial charge on any atom is 0.337 e. The minimum absolute atomic E-state index is 0. The highest BCUT2D eigenvalue weighted by Gasteiger charge is 2.36. The van der Waals surface area contributed by atoms with Gasteiger partial charge in [0.2, 0.25) is 11.8 Å². The number of aliphatic hydroxyl groups is 4. The van der Waals surface area contributed by atoms with Crippen LogP contribution in [0.4, 0.5) is 0 Å². The van der Waals surface area contributed by atoms with Crippen molar-refractivity contribution in [2.75, 3.05) is 19.8 Å². The van der Waals surface area contributed by atoms with Crippen LogP contribution in [0.3, 0.4) is 0 Å². The van der Waals surface area contributed by atoms with Crippen LogP contribution in [0, 0.1) is 0 Å². The molecule has 2 aliphatic heterocycles.